The van der Waals surface area contributed by atoms with Crippen molar-refractivity contribution in [2.45, 2.75) is 32.5 Å². The first-order chi connectivity index (χ1) is 8.65. The van der Waals surface area contributed by atoms with Crippen LogP contribution in [0.5, 0.6) is 5.75 Å². The Morgan fingerprint density at radius 3 is 2.94 bits per heavy atom. The summed E-state index contributed by atoms with van der Waals surface area (Å²) in [6.45, 7) is 6.76. The Bertz CT molecular complexity index is 389. The van der Waals surface area contributed by atoms with Gasteiger partial charge in [0.25, 0.3) is 0 Å². The van der Waals surface area contributed by atoms with Gasteiger partial charge in [-0.25, -0.2) is 0 Å². The van der Waals surface area contributed by atoms with Gasteiger partial charge in [0.15, 0.2) is 0 Å². The van der Waals surface area contributed by atoms with E-state index in [0.717, 1.165) is 36.3 Å². The van der Waals surface area contributed by atoms with Crippen molar-refractivity contribution in [1.29, 1.82) is 0 Å². The number of hydrogen-bond acceptors (Lipinski definition) is 3. The summed E-state index contributed by atoms with van der Waals surface area (Å²) in [6, 6.07) is 6.26. The Kier molecular flexibility index (Phi) is 5.03. The van der Waals surface area contributed by atoms with Crippen LogP contribution in [0.1, 0.15) is 19.4 Å². The predicted octanol–water partition coefficient (Wildman–Crippen LogP) is 2.77. The molecule has 1 aliphatic heterocycles. The third kappa shape index (κ3) is 3.97. The minimum Gasteiger partial charge on any atom is -0.490 e. The van der Waals surface area contributed by atoms with Crippen LogP contribution < -0.4 is 10.1 Å². The highest BCUT2D eigenvalue weighted by Gasteiger charge is 2.14. The van der Waals surface area contributed by atoms with Crippen LogP contribution in [0.4, 0.5) is 0 Å². The number of ether oxygens (including phenoxy) is 2. The summed E-state index contributed by atoms with van der Waals surface area (Å²) in [5.74, 6) is 0.899. The molecule has 1 heterocycles. The fraction of sp³-hybridized carbons (Fsp3) is 0.571. The highest BCUT2D eigenvalue weighted by Crippen LogP contribution is 2.27. The van der Waals surface area contributed by atoms with Crippen molar-refractivity contribution < 1.29 is 9.47 Å². The van der Waals surface area contributed by atoms with Crippen LogP contribution in [-0.2, 0) is 11.2 Å². The second-order valence-electron chi connectivity index (χ2n) is 4.83. The molecule has 3 nitrogen and oxygen atoms in total. The van der Waals surface area contributed by atoms with Gasteiger partial charge in [0.1, 0.15) is 5.75 Å². The van der Waals surface area contributed by atoms with Crippen LogP contribution in [0.2, 0.25) is 0 Å². The first-order valence-corrected chi connectivity index (χ1v) is 7.22. The molecule has 0 aromatic heterocycles. The van der Waals surface area contributed by atoms with E-state index in [4.69, 9.17) is 9.47 Å². The van der Waals surface area contributed by atoms with Gasteiger partial charge >= 0.3 is 0 Å². The normalized spacial score (nSPS) is 20.1. The molecule has 18 heavy (non-hydrogen) atoms. The molecule has 0 unspecified atom stereocenters. The minimum absolute atomic E-state index is 0.193. The maximum absolute atomic E-state index is 5.71. The van der Waals surface area contributed by atoms with Gasteiger partial charge in [0.05, 0.1) is 23.3 Å². The molecule has 0 bridgehead atoms. The van der Waals surface area contributed by atoms with Crippen LogP contribution in [0.15, 0.2) is 22.7 Å². The van der Waals surface area contributed by atoms with E-state index in [2.05, 4.69) is 33.4 Å². The summed E-state index contributed by atoms with van der Waals surface area (Å²) >= 11 is 3.56. The van der Waals surface area contributed by atoms with Gasteiger partial charge in [-0.3, -0.25) is 0 Å². The zero-order valence-electron chi connectivity index (χ0n) is 10.9. The van der Waals surface area contributed by atoms with Crippen molar-refractivity contribution in [2.75, 3.05) is 19.7 Å². The second kappa shape index (κ2) is 6.55. The fourth-order valence-electron chi connectivity index (χ4n) is 2.03. The molecule has 0 amide bonds. The van der Waals surface area contributed by atoms with Crippen LogP contribution in [0.3, 0.4) is 0 Å². The molecule has 0 aliphatic carbocycles. The Hall–Kier alpha value is -0.580. The maximum Gasteiger partial charge on any atom is 0.133 e. The van der Waals surface area contributed by atoms with Crippen LogP contribution >= 0.6 is 15.9 Å². The molecule has 2 rings (SSSR count). The SMILES string of the molecule is CC(C)Oc1ccc(C[C@@H]2CNCCO2)cc1Br. The summed E-state index contributed by atoms with van der Waals surface area (Å²) in [4.78, 5) is 0. The number of halogens is 1. The molecule has 1 fully saturated rings. The van der Waals surface area contributed by atoms with E-state index in [0.29, 0.717) is 0 Å². The minimum atomic E-state index is 0.193. The molecule has 1 N–H and O–H groups in total. The van der Waals surface area contributed by atoms with Gasteiger partial charge in [0.2, 0.25) is 0 Å². The smallest absolute Gasteiger partial charge is 0.133 e. The first kappa shape index (κ1) is 13.8. The van der Waals surface area contributed by atoms with E-state index < -0.39 is 0 Å². The second-order valence-corrected chi connectivity index (χ2v) is 5.69. The molecular formula is C14H20BrNO2. The lowest BCUT2D eigenvalue weighted by atomic mass is 10.1. The number of nitrogens with one attached hydrogen (secondary N) is 1. The molecule has 0 saturated carbocycles. The fourth-order valence-corrected chi connectivity index (χ4v) is 2.55. The van der Waals surface area contributed by atoms with E-state index >= 15 is 0 Å². The average molecular weight is 314 g/mol. The van der Waals surface area contributed by atoms with Gasteiger partial charge in [0, 0.05) is 13.1 Å². The quantitative estimate of drug-likeness (QED) is 0.927. The summed E-state index contributed by atoms with van der Waals surface area (Å²) < 4.78 is 12.4. The van der Waals surface area contributed by atoms with Crippen LogP contribution in [0, 0.1) is 0 Å². The number of benzene rings is 1. The molecule has 1 aliphatic rings. The van der Waals surface area contributed by atoms with Gasteiger partial charge in [-0.05, 0) is 53.9 Å². The standard InChI is InChI=1S/C14H20BrNO2/c1-10(2)18-14-4-3-11(8-13(14)15)7-12-9-16-5-6-17-12/h3-4,8,10,12,16H,5-7,9H2,1-2H3/t12-/m1/s1. The molecule has 1 aromatic rings. The summed E-state index contributed by atoms with van der Waals surface area (Å²) in [6.07, 6.45) is 1.41. The van der Waals surface area contributed by atoms with E-state index in [1.54, 1.807) is 0 Å². The molecule has 0 radical (unpaired) electrons. The zero-order chi connectivity index (χ0) is 13.0. The Balaban J connectivity index is 1.99. The van der Waals surface area contributed by atoms with Gasteiger partial charge < -0.3 is 14.8 Å². The highest BCUT2D eigenvalue weighted by molar-refractivity contribution is 9.10. The molecule has 1 aromatic carbocycles. The lowest BCUT2D eigenvalue weighted by molar-refractivity contribution is 0.0292. The average Bonchev–Trinajstić information content (AvgIpc) is 2.33. The van der Waals surface area contributed by atoms with Crippen molar-refractivity contribution in [2.24, 2.45) is 0 Å². The van der Waals surface area contributed by atoms with Gasteiger partial charge in [-0.1, -0.05) is 6.07 Å². The first-order valence-electron chi connectivity index (χ1n) is 6.42. The lowest BCUT2D eigenvalue weighted by Gasteiger charge is -2.23. The maximum atomic E-state index is 5.71. The van der Waals surface area contributed by atoms with Gasteiger partial charge in [-0.2, -0.15) is 0 Å². The monoisotopic (exact) mass is 313 g/mol. The molecule has 1 atom stereocenters. The van der Waals surface area contributed by atoms with Gasteiger partial charge in [-0.15, -0.1) is 0 Å². The predicted molar refractivity (Wildman–Crippen MR) is 76.2 cm³/mol. The molecule has 1 saturated heterocycles. The lowest BCUT2D eigenvalue weighted by Crippen LogP contribution is -2.39. The third-order valence-corrected chi connectivity index (χ3v) is 3.45. The van der Waals surface area contributed by atoms with E-state index in [-0.39, 0.29) is 12.2 Å². The molecule has 0 spiro atoms. The number of hydrogen-bond donors (Lipinski definition) is 1. The third-order valence-electron chi connectivity index (χ3n) is 2.83. The summed E-state index contributed by atoms with van der Waals surface area (Å²) in [5.41, 5.74) is 1.27. The van der Waals surface area contributed by atoms with Crippen molar-refractivity contribution in [1.82, 2.24) is 5.32 Å². The molecular weight excluding hydrogens is 294 g/mol. The highest BCUT2D eigenvalue weighted by atomic mass is 79.9. The van der Waals surface area contributed by atoms with Crippen molar-refractivity contribution in [3.8, 4) is 5.75 Å². The Labute approximate surface area is 117 Å². The Morgan fingerprint density at radius 1 is 1.50 bits per heavy atom. The zero-order valence-corrected chi connectivity index (χ0v) is 12.5. The summed E-state index contributed by atoms with van der Waals surface area (Å²) in [5, 5.41) is 3.35. The molecule has 4 heteroatoms. The van der Waals surface area contributed by atoms with E-state index in [1.807, 2.05) is 19.9 Å². The topological polar surface area (TPSA) is 30.5 Å². The van der Waals surface area contributed by atoms with Crippen molar-refractivity contribution in [3.63, 3.8) is 0 Å². The number of rotatable bonds is 4. The van der Waals surface area contributed by atoms with Crippen LogP contribution in [0.25, 0.3) is 0 Å². The molecule has 100 valence electrons. The van der Waals surface area contributed by atoms with E-state index in [1.165, 1.54) is 5.56 Å². The number of morpholine rings is 1. The van der Waals surface area contributed by atoms with E-state index in [9.17, 15) is 0 Å². The van der Waals surface area contributed by atoms with Crippen molar-refractivity contribution >= 4 is 15.9 Å². The van der Waals surface area contributed by atoms with Crippen molar-refractivity contribution in [3.05, 3.63) is 28.2 Å². The Morgan fingerprint density at radius 2 is 2.33 bits per heavy atom. The summed E-state index contributed by atoms with van der Waals surface area (Å²) in [7, 11) is 0. The van der Waals surface area contributed by atoms with Crippen LogP contribution in [-0.4, -0.2) is 31.9 Å². The largest absolute Gasteiger partial charge is 0.490 e.